The van der Waals surface area contributed by atoms with Gasteiger partial charge in [-0.3, -0.25) is 4.55 Å². The van der Waals surface area contributed by atoms with E-state index in [1.165, 1.54) is 0 Å². The van der Waals surface area contributed by atoms with E-state index in [1.54, 1.807) is 0 Å². The van der Waals surface area contributed by atoms with Crippen molar-refractivity contribution >= 4 is 32.7 Å². The topological polar surface area (TPSA) is 54.4 Å². The van der Waals surface area contributed by atoms with Crippen LogP contribution in [0.4, 0.5) is 13.2 Å². The monoisotopic (exact) mass is 292 g/mol. The Kier molecular flexibility index (Phi) is 5.66. The largest absolute Gasteiger partial charge is 0.522 e. The number of halogens is 4. The zero-order valence-electron chi connectivity index (χ0n) is 4.68. The molecule has 3 nitrogen and oxygen atoms in total. The summed E-state index contributed by atoms with van der Waals surface area (Å²) in [5, 5.41) is 0. The van der Waals surface area contributed by atoms with Crippen LogP contribution in [0.5, 0.6) is 0 Å². The van der Waals surface area contributed by atoms with Crippen LogP contribution in [0, 0.1) is 0 Å². The van der Waals surface area contributed by atoms with Gasteiger partial charge in [-0.15, -0.1) is 0 Å². The lowest BCUT2D eigenvalue weighted by Crippen LogP contribution is -2.21. The highest BCUT2D eigenvalue weighted by molar-refractivity contribution is 14.1. The molecule has 0 fully saturated rings. The molecule has 10 heavy (non-hydrogen) atoms. The molecule has 0 aromatic rings. The van der Waals surface area contributed by atoms with Crippen LogP contribution in [0.1, 0.15) is 0 Å². The maximum Gasteiger partial charge on any atom is 0.522 e. The highest BCUT2D eigenvalue weighted by Gasteiger charge is 2.44. The van der Waals surface area contributed by atoms with Crippen molar-refractivity contribution in [3.8, 4) is 0 Å². The van der Waals surface area contributed by atoms with E-state index < -0.39 is 15.6 Å². The molecule has 0 spiro atoms. The number of hydrogen-bond donors (Lipinski definition) is 1. The molecule has 0 aromatic heterocycles. The fourth-order valence-corrected chi connectivity index (χ4v) is 0. The van der Waals surface area contributed by atoms with Crippen molar-refractivity contribution in [3.05, 3.63) is 0 Å². The smallest absolute Gasteiger partial charge is 0.279 e. The van der Waals surface area contributed by atoms with Crippen LogP contribution in [0.3, 0.4) is 0 Å². The molecule has 0 bridgehead atoms. The van der Waals surface area contributed by atoms with Gasteiger partial charge in [0.1, 0.15) is 0 Å². The van der Waals surface area contributed by atoms with E-state index in [0.717, 1.165) is 0 Å². The normalized spacial score (nSPS) is 11.8. The van der Waals surface area contributed by atoms with Gasteiger partial charge >= 0.3 is 15.6 Å². The van der Waals surface area contributed by atoms with Crippen molar-refractivity contribution in [1.29, 1.82) is 0 Å². The molecule has 0 aliphatic carbocycles. The second kappa shape index (κ2) is 4.34. The molecular formula is C2H4F3IO3S. The second-order valence-electron chi connectivity index (χ2n) is 0.921. The summed E-state index contributed by atoms with van der Waals surface area (Å²) in [6.45, 7) is 0. The number of alkyl halides is 4. The quantitative estimate of drug-likeness (QED) is 0.318. The zero-order chi connectivity index (χ0) is 9.00. The Bertz CT molecular complexity index is 171. The number of hydrogen-bond acceptors (Lipinski definition) is 2. The minimum absolute atomic E-state index is 1.97. The summed E-state index contributed by atoms with van der Waals surface area (Å²) >= 11 is 2.15. The Morgan fingerprint density at radius 1 is 1.30 bits per heavy atom. The predicted octanol–water partition coefficient (Wildman–Crippen LogP) is 1.45. The Morgan fingerprint density at radius 2 is 1.40 bits per heavy atom. The lowest BCUT2D eigenvalue weighted by molar-refractivity contribution is -0.0510. The summed E-state index contributed by atoms with van der Waals surface area (Å²) in [5.41, 5.74) is -5.53. The fourth-order valence-electron chi connectivity index (χ4n) is 0. The predicted molar refractivity (Wildman–Crippen MR) is 37.5 cm³/mol. The fraction of sp³-hybridized carbons (Fsp3) is 1.00. The maximum absolute atomic E-state index is 10.7. The van der Waals surface area contributed by atoms with Gasteiger partial charge in [0, 0.05) is 0 Å². The first-order valence-corrected chi connectivity index (χ1v) is 5.26. The highest BCUT2D eigenvalue weighted by Crippen LogP contribution is 2.20. The van der Waals surface area contributed by atoms with Crippen LogP contribution < -0.4 is 0 Å². The summed E-state index contributed by atoms with van der Waals surface area (Å²) in [6.07, 6.45) is 0. The molecule has 0 radical (unpaired) electrons. The lowest BCUT2D eigenvalue weighted by atomic mass is 11.6. The van der Waals surface area contributed by atoms with E-state index in [-0.39, 0.29) is 0 Å². The van der Waals surface area contributed by atoms with Crippen molar-refractivity contribution in [2.75, 3.05) is 4.93 Å². The van der Waals surface area contributed by atoms with E-state index in [4.69, 9.17) is 13.0 Å². The maximum atomic E-state index is 10.7. The average Bonchev–Trinajstić information content (AvgIpc) is 1.66. The van der Waals surface area contributed by atoms with Crippen molar-refractivity contribution in [1.82, 2.24) is 0 Å². The molecule has 0 saturated heterocycles. The van der Waals surface area contributed by atoms with Crippen molar-refractivity contribution in [2.24, 2.45) is 0 Å². The Morgan fingerprint density at radius 3 is 1.40 bits per heavy atom. The van der Waals surface area contributed by atoms with Gasteiger partial charge in [-0.1, -0.05) is 22.6 Å². The van der Waals surface area contributed by atoms with Gasteiger partial charge in [0.15, 0.2) is 0 Å². The highest BCUT2D eigenvalue weighted by atomic mass is 127. The van der Waals surface area contributed by atoms with Crippen LogP contribution in [-0.4, -0.2) is 23.4 Å². The molecule has 0 heterocycles. The van der Waals surface area contributed by atoms with Gasteiger partial charge < -0.3 is 0 Å². The third-order valence-electron chi connectivity index (χ3n) is 0.292. The molecule has 0 aromatic carbocycles. The van der Waals surface area contributed by atoms with Gasteiger partial charge in [0.2, 0.25) is 0 Å². The van der Waals surface area contributed by atoms with E-state index in [9.17, 15) is 13.2 Å². The van der Waals surface area contributed by atoms with Crippen LogP contribution in [0.15, 0.2) is 0 Å². The van der Waals surface area contributed by atoms with E-state index in [0.29, 0.717) is 0 Å². The molecule has 64 valence electrons. The summed E-state index contributed by atoms with van der Waals surface area (Å²) in [4.78, 5) is 1.97. The van der Waals surface area contributed by atoms with Gasteiger partial charge in [0.05, 0.1) is 0 Å². The van der Waals surface area contributed by atoms with Gasteiger partial charge in [-0.2, -0.15) is 21.6 Å². The summed E-state index contributed by atoms with van der Waals surface area (Å²) < 4.78 is 57.5. The molecule has 0 saturated carbocycles. The summed E-state index contributed by atoms with van der Waals surface area (Å²) in [5.74, 6) is 0. The lowest BCUT2D eigenvalue weighted by Gasteiger charge is -1.97. The standard InChI is InChI=1S/CHF3O3S.CH3I/c2-1(3,4)8(5,6)7;1-2/h(H,5,6,7);1H3. The second-order valence-corrected chi connectivity index (χ2v) is 2.33. The van der Waals surface area contributed by atoms with E-state index in [1.807, 2.05) is 4.93 Å². The molecule has 0 amide bonds. The molecule has 0 aliphatic rings. The van der Waals surface area contributed by atoms with Crippen LogP contribution >= 0.6 is 22.6 Å². The van der Waals surface area contributed by atoms with Crippen LogP contribution in [0.25, 0.3) is 0 Å². The van der Waals surface area contributed by atoms with Crippen molar-refractivity contribution in [3.63, 3.8) is 0 Å². The minimum Gasteiger partial charge on any atom is -0.279 e. The molecular weight excluding hydrogens is 288 g/mol. The first-order chi connectivity index (χ1) is 4.25. The molecule has 0 rings (SSSR count). The molecule has 0 aliphatic heterocycles. The molecule has 0 atom stereocenters. The molecule has 0 unspecified atom stereocenters. The first kappa shape index (κ1) is 13.1. The minimum atomic E-state index is -5.84. The number of rotatable bonds is 0. The van der Waals surface area contributed by atoms with Gasteiger partial charge in [-0.25, -0.2) is 0 Å². The first-order valence-electron chi connectivity index (χ1n) is 1.66. The van der Waals surface area contributed by atoms with Gasteiger partial charge in [-0.05, 0) is 4.93 Å². The van der Waals surface area contributed by atoms with Crippen LogP contribution in [-0.2, 0) is 10.1 Å². The average molecular weight is 292 g/mol. The van der Waals surface area contributed by atoms with E-state index >= 15 is 0 Å². The van der Waals surface area contributed by atoms with Crippen LogP contribution in [0.2, 0.25) is 0 Å². The molecule has 8 heteroatoms. The Balaban J connectivity index is 0. The third kappa shape index (κ3) is 5.23. The Hall–Kier alpha value is 0.430. The SMILES string of the molecule is CI.O=S(=O)(O)C(F)(F)F. The van der Waals surface area contributed by atoms with Gasteiger partial charge in [0.25, 0.3) is 0 Å². The summed E-state index contributed by atoms with van der Waals surface area (Å²) in [6, 6.07) is 0. The summed E-state index contributed by atoms with van der Waals surface area (Å²) in [7, 11) is -5.84. The van der Waals surface area contributed by atoms with Crippen molar-refractivity contribution in [2.45, 2.75) is 5.51 Å². The molecule has 1 N–H and O–H groups in total. The Labute approximate surface area is 69.5 Å². The van der Waals surface area contributed by atoms with E-state index in [2.05, 4.69) is 22.6 Å². The zero-order valence-corrected chi connectivity index (χ0v) is 7.66. The third-order valence-corrected chi connectivity index (χ3v) is 0.877. The van der Waals surface area contributed by atoms with Crippen molar-refractivity contribution < 1.29 is 26.1 Å².